The van der Waals surface area contributed by atoms with Gasteiger partial charge < -0.3 is 20.2 Å². The third-order valence-electron chi connectivity index (χ3n) is 3.75. The summed E-state index contributed by atoms with van der Waals surface area (Å²) in [6.07, 6.45) is 1.76. The summed E-state index contributed by atoms with van der Waals surface area (Å²) in [5, 5.41) is 20.9. The maximum atomic E-state index is 10.6. The highest BCUT2D eigenvalue weighted by molar-refractivity contribution is 14.0. The lowest BCUT2D eigenvalue weighted by molar-refractivity contribution is 0.0621. The van der Waals surface area contributed by atoms with Gasteiger partial charge in [-0.25, -0.2) is 9.98 Å². The molecule has 0 saturated carbocycles. The molecular weight excluding hydrogens is 463 g/mol. The number of hydrogen-bond acceptors (Lipinski definition) is 5. The van der Waals surface area contributed by atoms with Crippen LogP contribution < -0.4 is 10.6 Å². The zero-order valence-electron chi connectivity index (χ0n) is 16.0. The fraction of sp³-hybridized carbons (Fsp3) is 0.556. The highest BCUT2D eigenvalue weighted by Crippen LogP contribution is 2.23. The molecule has 0 bridgehead atoms. The van der Waals surface area contributed by atoms with E-state index in [1.165, 1.54) is 0 Å². The molecule has 2 aromatic heterocycles. The lowest BCUT2D eigenvalue weighted by atomic mass is 9.94. The van der Waals surface area contributed by atoms with Crippen LogP contribution in [0.2, 0.25) is 0 Å². The van der Waals surface area contributed by atoms with E-state index in [4.69, 9.17) is 4.42 Å². The number of nitrogens with zero attached hydrogens (tertiary/aromatic N) is 2. The fourth-order valence-electron chi connectivity index (χ4n) is 2.15. The van der Waals surface area contributed by atoms with Gasteiger partial charge in [0.25, 0.3) is 0 Å². The standard InChI is InChI=1S/C18H28N4O2S.HI/c1-6-19-16(22-12-18(5,23)13-7-8-25-11-13)21-10-15-20-9-14(24-15)17(2,3)4;/h7-9,11,23H,6,10,12H2,1-5H3,(H2,19,21,22);1H. The van der Waals surface area contributed by atoms with Crippen molar-refractivity contribution in [1.29, 1.82) is 0 Å². The van der Waals surface area contributed by atoms with Crippen LogP contribution in [-0.2, 0) is 17.6 Å². The third kappa shape index (κ3) is 6.55. The van der Waals surface area contributed by atoms with E-state index < -0.39 is 5.60 Å². The molecule has 0 amide bonds. The van der Waals surface area contributed by atoms with Gasteiger partial charge in [-0.05, 0) is 36.2 Å². The number of guanidine groups is 1. The van der Waals surface area contributed by atoms with Crippen LogP contribution in [0.25, 0.3) is 0 Å². The minimum Gasteiger partial charge on any atom is -0.443 e. The van der Waals surface area contributed by atoms with Crippen molar-refractivity contribution in [2.75, 3.05) is 13.1 Å². The van der Waals surface area contributed by atoms with Gasteiger partial charge in [-0.15, -0.1) is 24.0 Å². The molecule has 1 unspecified atom stereocenters. The molecule has 0 saturated heterocycles. The number of aromatic nitrogens is 1. The molecule has 0 radical (unpaired) electrons. The summed E-state index contributed by atoms with van der Waals surface area (Å²) in [6, 6.07) is 1.93. The van der Waals surface area contributed by atoms with Gasteiger partial charge in [0.1, 0.15) is 17.9 Å². The number of rotatable bonds is 6. The van der Waals surface area contributed by atoms with Crippen molar-refractivity contribution in [3.63, 3.8) is 0 Å². The Morgan fingerprint density at radius 3 is 2.58 bits per heavy atom. The summed E-state index contributed by atoms with van der Waals surface area (Å²) < 4.78 is 5.76. The van der Waals surface area contributed by atoms with E-state index in [1.807, 2.05) is 23.8 Å². The molecule has 2 heterocycles. The van der Waals surface area contributed by atoms with E-state index in [9.17, 15) is 5.11 Å². The molecule has 26 heavy (non-hydrogen) atoms. The molecule has 1 atom stereocenters. The van der Waals surface area contributed by atoms with Gasteiger partial charge in [-0.3, -0.25) is 0 Å². The molecule has 8 heteroatoms. The molecule has 0 fully saturated rings. The Balaban J connectivity index is 0.00000338. The Morgan fingerprint density at radius 2 is 2.04 bits per heavy atom. The molecule has 0 aromatic carbocycles. The van der Waals surface area contributed by atoms with E-state index in [-0.39, 0.29) is 29.4 Å². The van der Waals surface area contributed by atoms with Crippen molar-refractivity contribution in [3.05, 3.63) is 40.2 Å². The lowest BCUT2D eigenvalue weighted by Crippen LogP contribution is -2.44. The van der Waals surface area contributed by atoms with Crippen molar-refractivity contribution in [2.45, 2.75) is 52.2 Å². The van der Waals surface area contributed by atoms with Crippen molar-refractivity contribution in [2.24, 2.45) is 4.99 Å². The van der Waals surface area contributed by atoms with Crippen LogP contribution in [-0.4, -0.2) is 29.1 Å². The molecule has 0 aliphatic carbocycles. The molecule has 2 aromatic rings. The van der Waals surface area contributed by atoms with Gasteiger partial charge in [-0.1, -0.05) is 20.8 Å². The molecule has 0 spiro atoms. The summed E-state index contributed by atoms with van der Waals surface area (Å²) in [5.74, 6) is 2.04. The summed E-state index contributed by atoms with van der Waals surface area (Å²) in [4.78, 5) is 8.78. The minimum absolute atomic E-state index is 0. The van der Waals surface area contributed by atoms with E-state index in [1.54, 1.807) is 24.5 Å². The summed E-state index contributed by atoms with van der Waals surface area (Å²) in [6.45, 7) is 11.5. The highest BCUT2D eigenvalue weighted by Gasteiger charge is 2.24. The first-order valence-corrected chi connectivity index (χ1v) is 9.39. The van der Waals surface area contributed by atoms with E-state index in [2.05, 4.69) is 41.4 Å². The van der Waals surface area contributed by atoms with Crippen molar-refractivity contribution < 1.29 is 9.52 Å². The predicted molar refractivity (Wildman–Crippen MR) is 117 cm³/mol. The monoisotopic (exact) mass is 492 g/mol. The normalized spacial score (nSPS) is 14.5. The predicted octanol–water partition coefficient (Wildman–Crippen LogP) is 3.61. The number of nitrogens with one attached hydrogen (secondary N) is 2. The molecular formula is C18H29IN4O2S. The number of hydrogen-bond donors (Lipinski definition) is 3. The van der Waals surface area contributed by atoms with Gasteiger partial charge >= 0.3 is 0 Å². The van der Waals surface area contributed by atoms with Gasteiger partial charge in [0.15, 0.2) is 5.96 Å². The SMILES string of the molecule is CCNC(=NCc1ncc(C(C)(C)C)o1)NCC(C)(O)c1ccsc1.I. The molecule has 6 nitrogen and oxygen atoms in total. The van der Waals surface area contributed by atoms with Gasteiger partial charge in [0.2, 0.25) is 5.89 Å². The Kier molecular flexibility index (Phi) is 8.55. The molecule has 0 aliphatic rings. The molecule has 3 N–H and O–H groups in total. The first kappa shape index (κ1) is 22.9. The lowest BCUT2D eigenvalue weighted by Gasteiger charge is -2.24. The zero-order valence-corrected chi connectivity index (χ0v) is 19.1. The Labute approximate surface area is 176 Å². The number of aliphatic hydroxyl groups is 1. The van der Waals surface area contributed by atoms with Crippen LogP contribution in [0.1, 0.15) is 51.8 Å². The fourth-order valence-corrected chi connectivity index (χ4v) is 2.93. The average molecular weight is 492 g/mol. The number of aliphatic imine (C=N–C) groups is 1. The van der Waals surface area contributed by atoms with Gasteiger partial charge in [0, 0.05) is 12.0 Å². The summed E-state index contributed by atoms with van der Waals surface area (Å²) >= 11 is 1.57. The van der Waals surface area contributed by atoms with E-state index in [0.717, 1.165) is 17.9 Å². The number of halogens is 1. The zero-order chi connectivity index (χ0) is 18.5. The van der Waals surface area contributed by atoms with Crippen LogP contribution in [0, 0.1) is 0 Å². The molecule has 0 aliphatic heterocycles. The highest BCUT2D eigenvalue weighted by atomic mass is 127. The third-order valence-corrected chi connectivity index (χ3v) is 4.44. The summed E-state index contributed by atoms with van der Waals surface area (Å²) in [7, 11) is 0. The van der Waals surface area contributed by atoms with E-state index in [0.29, 0.717) is 24.9 Å². The van der Waals surface area contributed by atoms with Crippen LogP contribution in [0.15, 0.2) is 32.4 Å². The second-order valence-electron chi connectivity index (χ2n) is 7.20. The maximum absolute atomic E-state index is 10.6. The van der Waals surface area contributed by atoms with Crippen molar-refractivity contribution in [3.8, 4) is 0 Å². The van der Waals surface area contributed by atoms with Crippen LogP contribution >= 0.6 is 35.3 Å². The van der Waals surface area contributed by atoms with Gasteiger partial charge in [0.05, 0.1) is 12.7 Å². The van der Waals surface area contributed by atoms with Gasteiger partial charge in [-0.2, -0.15) is 11.3 Å². The maximum Gasteiger partial charge on any atom is 0.216 e. The average Bonchev–Trinajstić information content (AvgIpc) is 3.20. The minimum atomic E-state index is -0.960. The van der Waals surface area contributed by atoms with Crippen LogP contribution in [0.3, 0.4) is 0 Å². The number of thiophene rings is 1. The smallest absolute Gasteiger partial charge is 0.216 e. The largest absolute Gasteiger partial charge is 0.443 e. The Bertz CT molecular complexity index is 690. The van der Waals surface area contributed by atoms with Crippen LogP contribution in [0.5, 0.6) is 0 Å². The number of oxazole rings is 1. The van der Waals surface area contributed by atoms with Crippen LogP contribution in [0.4, 0.5) is 0 Å². The Morgan fingerprint density at radius 1 is 1.31 bits per heavy atom. The second-order valence-corrected chi connectivity index (χ2v) is 7.98. The van der Waals surface area contributed by atoms with Crippen molar-refractivity contribution in [1.82, 2.24) is 15.6 Å². The quantitative estimate of drug-likeness (QED) is 0.326. The van der Waals surface area contributed by atoms with Crippen molar-refractivity contribution >= 4 is 41.3 Å². The van der Waals surface area contributed by atoms with E-state index >= 15 is 0 Å². The first-order valence-electron chi connectivity index (χ1n) is 8.45. The molecule has 2 rings (SSSR count). The topological polar surface area (TPSA) is 82.7 Å². The summed E-state index contributed by atoms with van der Waals surface area (Å²) in [5.41, 5.74) is -0.140. The molecule has 146 valence electrons. The Hall–Kier alpha value is -1.13. The second kappa shape index (κ2) is 9.70. The first-order chi connectivity index (χ1) is 11.7.